The lowest BCUT2D eigenvalue weighted by Crippen LogP contribution is -2.16. The Labute approximate surface area is 143 Å². The van der Waals surface area contributed by atoms with Crippen LogP contribution in [0.2, 0.25) is 0 Å². The molecule has 1 heterocycles. The van der Waals surface area contributed by atoms with Gasteiger partial charge in [-0.2, -0.15) is 0 Å². The predicted octanol–water partition coefficient (Wildman–Crippen LogP) is 3.18. The fourth-order valence-electron chi connectivity index (χ4n) is 3.13. The molecule has 2 aromatic carbocycles. The summed E-state index contributed by atoms with van der Waals surface area (Å²) in [6, 6.07) is 7.55. The molecule has 2 aromatic rings. The number of benzene rings is 2. The first-order chi connectivity index (χ1) is 11.9. The summed E-state index contributed by atoms with van der Waals surface area (Å²) < 4.78 is 46.5. The highest BCUT2D eigenvalue weighted by Gasteiger charge is 2.31. The molecule has 0 amide bonds. The van der Waals surface area contributed by atoms with Crippen LogP contribution in [0.5, 0.6) is 11.5 Å². The number of alkyl halides is 3. The van der Waals surface area contributed by atoms with Crippen molar-refractivity contribution >= 4 is 0 Å². The quantitative estimate of drug-likeness (QED) is 0.867. The van der Waals surface area contributed by atoms with E-state index in [4.69, 9.17) is 10.5 Å². The SMILES string of the molecule is NCCc1cc(-c2ccc(OC(F)(F)F)cc2)c2c(c1CO)CCO2. The van der Waals surface area contributed by atoms with Crippen molar-refractivity contribution in [2.24, 2.45) is 5.73 Å². The normalized spacial score (nSPS) is 13.5. The Kier molecular flexibility index (Phi) is 4.87. The lowest BCUT2D eigenvalue weighted by atomic mass is 9.91. The third-order valence-electron chi connectivity index (χ3n) is 4.16. The number of hydrogen-bond donors (Lipinski definition) is 2. The Morgan fingerprint density at radius 1 is 1.20 bits per heavy atom. The molecule has 0 spiro atoms. The first-order valence-corrected chi connectivity index (χ1v) is 7.90. The van der Waals surface area contributed by atoms with Gasteiger partial charge in [0, 0.05) is 17.5 Å². The van der Waals surface area contributed by atoms with Gasteiger partial charge in [-0.15, -0.1) is 13.2 Å². The van der Waals surface area contributed by atoms with Crippen molar-refractivity contribution in [3.05, 3.63) is 47.0 Å². The van der Waals surface area contributed by atoms with E-state index < -0.39 is 6.36 Å². The van der Waals surface area contributed by atoms with E-state index in [0.29, 0.717) is 31.7 Å². The van der Waals surface area contributed by atoms with Crippen LogP contribution in [0.25, 0.3) is 11.1 Å². The molecule has 0 saturated carbocycles. The number of aliphatic hydroxyl groups excluding tert-OH is 1. The van der Waals surface area contributed by atoms with Gasteiger partial charge in [0.25, 0.3) is 0 Å². The molecule has 0 unspecified atom stereocenters. The van der Waals surface area contributed by atoms with Crippen molar-refractivity contribution in [3.8, 4) is 22.6 Å². The van der Waals surface area contributed by atoms with Crippen LogP contribution < -0.4 is 15.2 Å². The third kappa shape index (κ3) is 3.72. The van der Waals surface area contributed by atoms with Crippen LogP contribution in [-0.2, 0) is 19.4 Å². The number of nitrogens with two attached hydrogens (primary N) is 1. The molecule has 0 radical (unpaired) electrons. The maximum atomic E-state index is 12.3. The van der Waals surface area contributed by atoms with E-state index in [1.165, 1.54) is 12.1 Å². The van der Waals surface area contributed by atoms with Gasteiger partial charge in [-0.05, 0) is 47.9 Å². The second kappa shape index (κ2) is 6.93. The van der Waals surface area contributed by atoms with E-state index in [1.807, 2.05) is 6.07 Å². The minimum atomic E-state index is -4.72. The predicted molar refractivity (Wildman–Crippen MR) is 86.4 cm³/mol. The van der Waals surface area contributed by atoms with Gasteiger partial charge in [0.1, 0.15) is 11.5 Å². The molecule has 25 heavy (non-hydrogen) atoms. The van der Waals surface area contributed by atoms with Crippen LogP contribution >= 0.6 is 0 Å². The molecule has 0 atom stereocenters. The molecule has 0 aliphatic carbocycles. The fraction of sp³-hybridized carbons (Fsp3) is 0.333. The average molecular weight is 353 g/mol. The van der Waals surface area contributed by atoms with Crippen LogP contribution in [0.3, 0.4) is 0 Å². The maximum absolute atomic E-state index is 12.3. The van der Waals surface area contributed by atoms with Crippen molar-refractivity contribution in [2.75, 3.05) is 13.2 Å². The zero-order valence-corrected chi connectivity index (χ0v) is 13.4. The molecular formula is C18H18F3NO3. The van der Waals surface area contributed by atoms with Crippen LogP contribution in [0.1, 0.15) is 16.7 Å². The maximum Gasteiger partial charge on any atom is 0.573 e. The number of fused-ring (bicyclic) bond motifs is 1. The largest absolute Gasteiger partial charge is 0.573 e. The first-order valence-electron chi connectivity index (χ1n) is 7.90. The highest BCUT2D eigenvalue weighted by atomic mass is 19.4. The molecule has 134 valence electrons. The zero-order chi connectivity index (χ0) is 18.0. The van der Waals surface area contributed by atoms with Crippen molar-refractivity contribution in [1.29, 1.82) is 0 Å². The molecule has 7 heteroatoms. The van der Waals surface area contributed by atoms with Gasteiger partial charge < -0.3 is 20.3 Å². The Morgan fingerprint density at radius 2 is 1.92 bits per heavy atom. The lowest BCUT2D eigenvalue weighted by molar-refractivity contribution is -0.274. The fourth-order valence-corrected chi connectivity index (χ4v) is 3.13. The second-order valence-electron chi connectivity index (χ2n) is 5.74. The van der Waals surface area contributed by atoms with Crippen LogP contribution in [0.4, 0.5) is 13.2 Å². The van der Waals surface area contributed by atoms with Gasteiger partial charge >= 0.3 is 6.36 Å². The molecule has 3 rings (SSSR count). The summed E-state index contributed by atoms with van der Waals surface area (Å²) in [5.41, 5.74) is 9.87. The zero-order valence-electron chi connectivity index (χ0n) is 13.4. The van der Waals surface area contributed by atoms with Crippen molar-refractivity contribution in [3.63, 3.8) is 0 Å². The molecule has 3 N–H and O–H groups in total. The van der Waals surface area contributed by atoms with Gasteiger partial charge in [-0.1, -0.05) is 12.1 Å². The number of hydrogen-bond acceptors (Lipinski definition) is 4. The highest BCUT2D eigenvalue weighted by molar-refractivity contribution is 5.75. The summed E-state index contributed by atoms with van der Waals surface area (Å²) in [4.78, 5) is 0. The summed E-state index contributed by atoms with van der Waals surface area (Å²) in [6.07, 6.45) is -3.43. The minimum Gasteiger partial charge on any atom is -0.492 e. The summed E-state index contributed by atoms with van der Waals surface area (Å²) >= 11 is 0. The molecule has 0 aromatic heterocycles. The van der Waals surface area contributed by atoms with E-state index in [-0.39, 0.29) is 12.4 Å². The summed E-state index contributed by atoms with van der Waals surface area (Å²) in [5.74, 6) is 0.400. The second-order valence-corrected chi connectivity index (χ2v) is 5.74. The highest BCUT2D eigenvalue weighted by Crippen LogP contribution is 2.41. The van der Waals surface area contributed by atoms with Crippen LogP contribution in [0.15, 0.2) is 30.3 Å². The van der Waals surface area contributed by atoms with Crippen molar-refractivity contribution < 1.29 is 27.8 Å². The Balaban J connectivity index is 2.02. The molecule has 1 aliphatic heterocycles. The molecule has 0 fully saturated rings. The van der Waals surface area contributed by atoms with E-state index in [2.05, 4.69) is 4.74 Å². The first kappa shape index (κ1) is 17.6. The molecular weight excluding hydrogens is 335 g/mol. The van der Waals surface area contributed by atoms with Crippen molar-refractivity contribution in [1.82, 2.24) is 0 Å². The van der Waals surface area contributed by atoms with Crippen LogP contribution in [-0.4, -0.2) is 24.6 Å². The number of rotatable bonds is 5. The van der Waals surface area contributed by atoms with E-state index >= 15 is 0 Å². The molecule has 1 aliphatic rings. The van der Waals surface area contributed by atoms with Crippen LogP contribution in [0, 0.1) is 0 Å². The summed E-state index contributed by atoms with van der Waals surface area (Å²) in [7, 11) is 0. The third-order valence-corrected chi connectivity index (χ3v) is 4.16. The number of aliphatic hydroxyl groups is 1. The molecule has 4 nitrogen and oxygen atoms in total. The van der Waals surface area contributed by atoms with Gasteiger partial charge in [-0.25, -0.2) is 0 Å². The standard InChI is InChI=1S/C18H18F3NO3/c19-18(20,21)25-13-3-1-11(2-4-13)15-9-12(5-7-22)16(10-23)14-6-8-24-17(14)15/h1-4,9,23H,5-8,10,22H2. The number of ether oxygens (including phenoxy) is 2. The Morgan fingerprint density at radius 3 is 2.52 bits per heavy atom. The lowest BCUT2D eigenvalue weighted by Gasteiger charge is -2.16. The monoisotopic (exact) mass is 353 g/mol. The van der Waals surface area contributed by atoms with Gasteiger partial charge in [0.2, 0.25) is 0 Å². The topological polar surface area (TPSA) is 64.7 Å². The summed E-state index contributed by atoms with van der Waals surface area (Å²) in [6.45, 7) is 0.848. The Hall–Kier alpha value is -2.25. The van der Waals surface area contributed by atoms with E-state index in [1.54, 1.807) is 12.1 Å². The van der Waals surface area contributed by atoms with E-state index in [0.717, 1.165) is 27.8 Å². The van der Waals surface area contributed by atoms with Gasteiger partial charge in [0.05, 0.1) is 13.2 Å². The van der Waals surface area contributed by atoms with Crippen molar-refractivity contribution in [2.45, 2.75) is 25.8 Å². The van der Waals surface area contributed by atoms with Gasteiger partial charge in [-0.3, -0.25) is 0 Å². The number of halogens is 3. The molecule has 0 saturated heterocycles. The van der Waals surface area contributed by atoms with E-state index in [9.17, 15) is 18.3 Å². The average Bonchev–Trinajstić information content (AvgIpc) is 3.03. The summed E-state index contributed by atoms with van der Waals surface area (Å²) in [5, 5.41) is 9.70. The minimum absolute atomic E-state index is 0.0976. The Bertz CT molecular complexity index is 758. The van der Waals surface area contributed by atoms with Gasteiger partial charge in [0.15, 0.2) is 0 Å². The molecule has 0 bridgehead atoms. The smallest absolute Gasteiger partial charge is 0.492 e.